The molecule has 4 aromatic carbocycles. The van der Waals surface area contributed by atoms with E-state index in [4.69, 9.17) is 9.47 Å². The number of ether oxygens (including phenoxy) is 2. The fourth-order valence-corrected chi connectivity index (χ4v) is 3.92. The Morgan fingerprint density at radius 2 is 1.15 bits per heavy atom. The van der Waals surface area contributed by atoms with Gasteiger partial charge >= 0.3 is 0 Å². The van der Waals surface area contributed by atoms with Crippen LogP contribution in [0.3, 0.4) is 0 Å². The highest BCUT2D eigenvalue weighted by atomic mass is 16.5. The molecule has 168 valence electrons. The Balaban J connectivity index is 1.30. The van der Waals surface area contributed by atoms with Crippen molar-refractivity contribution in [2.45, 2.75) is 20.8 Å². The van der Waals surface area contributed by atoms with Crippen molar-refractivity contribution in [2.75, 3.05) is 4.90 Å². The van der Waals surface area contributed by atoms with Crippen LogP contribution < -0.4 is 14.4 Å². The van der Waals surface area contributed by atoms with Gasteiger partial charge in [-0.2, -0.15) is 0 Å². The van der Waals surface area contributed by atoms with Gasteiger partial charge < -0.3 is 9.47 Å². The second kappa shape index (κ2) is 8.52. The number of carbonyl (C=O) groups is 2. The van der Waals surface area contributed by atoms with Gasteiger partial charge in [-0.05, 0) is 93.1 Å². The van der Waals surface area contributed by atoms with Crippen LogP contribution in [0.25, 0.3) is 0 Å². The van der Waals surface area contributed by atoms with Gasteiger partial charge in [-0.3, -0.25) is 9.59 Å². The summed E-state index contributed by atoms with van der Waals surface area (Å²) in [6.07, 6.45) is 0. The zero-order valence-corrected chi connectivity index (χ0v) is 19.2. The van der Waals surface area contributed by atoms with E-state index in [2.05, 4.69) is 0 Å². The van der Waals surface area contributed by atoms with E-state index in [0.29, 0.717) is 28.3 Å². The highest BCUT2D eigenvalue weighted by Crippen LogP contribution is 2.33. The molecule has 34 heavy (non-hydrogen) atoms. The first kappa shape index (κ1) is 21.5. The summed E-state index contributed by atoms with van der Waals surface area (Å²) in [5.41, 5.74) is 4.42. The van der Waals surface area contributed by atoms with Crippen LogP contribution in [0.2, 0.25) is 0 Å². The zero-order valence-electron chi connectivity index (χ0n) is 19.2. The molecule has 0 fully saturated rings. The number of hydrogen-bond acceptors (Lipinski definition) is 4. The predicted molar refractivity (Wildman–Crippen MR) is 131 cm³/mol. The fraction of sp³-hybridized carbons (Fsp3) is 0.103. The lowest BCUT2D eigenvalue weighted by Crippen LogP contribution is -2.29. The third kappa shape index (κ3) is 4.04. The number of nitrogens with zero attached hydrogens (tertiary/aromatic N) is 1. The van der Waals surface area contributed by atoms with Gasteiger partial charge in [0, 0.05) is 0 Å². The largest absolute Gasteiger partial charge is 0.457 e. The summed E-state index contributed by atoms with van der Waals surface area (Å²) < 4.78 is 12.0. The molecule has 2 amide bonds. The van der Waals surface area contributed by atoms with E-state index >= 15 is 0 Å². The molecule has 0 unspecified atom stereocenters. The monoisotopic (exact) mass is 449 g/mol. The molecule has 0 aliphatic carbocycles. The normalized spacial score (nSPS) is 12.6. The van der Waals surface area contributed by atoms with Gasteiger partial charge in [-0.1, -0.05) is 29.3 Å². The van der Waals surface area contributed by atoms with Crippen LogP contribution in [0, 0.1) is 20.8 Å². The van der Waals surface area contributed by atoms with Crippen molar-refractivity contribution in [3.8, 4) is 23.0 Å². The molecule has 5 heteroatoms. The third-order valence-corrected chi connectivity index (χ3v) is 5.77. The molecule has 0 spiro atoms. The van der Waals surface area contributed by atoms with Crippen molar-refractivity contribution in [3.05, 3.63) is 113 Å². The Hall–Kier alpha value is -4.38. The van der Waals surface area contributed by atoms with E-state index < -0.39 is 0 Å². The first-order chi connectivity index (χ1) is 16.4. The maximum absolute atomic E-state index is 12.8. The van der Waals surface area contributed by atoms with Crippen molar-refractivity contribution in [1.82, 2.24) is 0 Å². The maximum atomic E-state index is 12.8. The predicted octanol–water partition coefficient (Wildman–Crippen LogP) is 7.00. The SMILES string of the molecule is Cc1ccc(Oc2ccc(Oc3ccc(N4C(=O)c5ccc(C)cc5C4=O)cc3)c(C)c2)cc1. The minimum absolute atomic E-state index is 0.308. The fourth-order valence-electron chi connectivity index (χ4n) is 3.92. The van der Waals surface area contributed by atoms with Crippen molar-refractivity contribution in [2.24, 2.45) is 0 Å². The molecule has 0 saturated carbocycles. The number of fused-ring (bicyclic) bond motifs is 1. The van der Waals surface area contributed by atoms with Crippen molar-refractivity contribution in [1.29, 1.82) is 0 Å². The average molecular weight is 450 g/mol. The zero-order chi connectivity index (χ0) is 23.8. The van der Waals surface area contributed by atoms with E-state index in [9.17, 15) is 9.59 Å². The average Bonchev–Trinajstić information content (AvgIpc) is 3.07. The van der Waals surface area contributed by atoms with Crippen LogP contribution in [-0.4, -0.2) is 11.8 Å². The smallest absolute Gasteiger partial charge is 0.266 e. The molecule has 0 bridgehead atoms. The topological polar surface area (TPSA) is 55.8 Å². The van der Waals surface area contributed by atoms with Crippen LogP contribution in [-0.2, 0) is 0 Å². The summed E-state index contributed by atoms with van der Waals surface area (Å²) in [5.74, 6) is 2.18. The number of rotatable bonds is 5. The molecule has 1 heterocycles. The highest BCUT2D eigenvalue weighted by molar-refractivity contribution is 6.34. The summed E-state index contributed by atoms with van der Waals surface area (Å²) in [4.78, 5) is 26.8. The van der Waals surface area contributed by atoms with Gasteiger partial charge in [0.2, 0.25) is 0 Å². The lowest BCUT2D eigenvalue weighted by Gasteiger charge is -2.15. The quantitative estimate of drug-likeness (QED) is 0.308. The van der Waals surface area contributed by atoms with Gasteiger partial charge in [-0.25, -0.2) is 4.90 Å². The van der Waals surface area contributed by atoms with Crippen LogP contribution in [0.5, 0.6) is 23.0 Å². The van der Waals surface area contributed by atoms with E-state index in [1.807, 2.05) is 69.3 Å². The van der Waals surface area contributed by atoms with E-state index in [0.717, 1.165) is 22.6 Å². The highest BCUT2D eigenvalue weighted by Gasteiger charge is 2.36. The molecule has 5 rings (SSSR count). The Bertz CT molecular complexity index is 1410. The van der Waals surface area contributed by atoms with Gasteiger partial charge in [0.25, 0.3) is 11.8 Å². The van der Waals surface area contributed by atoms with E-state index in [1.54, 1.807) is 36.4 Å². The number of aryl methyl sites for hydroxylation is 3. The number of hydrogen-bond donors (Lipinski definition) is 0. The van der Waals surface area contributed by atoms with Gasteiger partial charge in [-0.15, -0.1) is 0 Å². The Kier molecular flexibility index (Phi) is 5.38. The second-order valence-corrected chi connectivity index (χ2v) is 8.43. The van der Waals surface area contributed by atoms with Crippen LogP contribution in [0.1, 0.15) is 37.4 Å². The van der Waals surface area contributed by atoms with E-state index in [-0.39, 0.29) is 11.8 Å². The van der Waals surface area contributed by atoms with Gasteiger partial charge in [0.1, 0.15) is 23.0 Å². The van der Waals surface area contributed by atoms with E-state index in [1.165, 1.54) is 10.5 Å². The Morgan fingerprint density at radius 1 is 0.559 bits per heavy atom. The van der Waals surface area contributed by atoms with Crippen LogP contribution >= 0.6 is 0 Å². The van der Waals surface area contributed by atoms with Crippen molar-refractivity contribution in [3.63, 3.8) is 0 Å². The molecule has 1 aliphatic heterocycles. The minimum atomic E-state index is -0.311. The summed E-state index contributed by atoms with van der Waals surface area (Å²) in [6, 6.07) is 25.8. The molecule has 4 aromatic rings. The molecular formula is C29H23NO4. The maximum Gasteiger partial charge on any atom is 0.266 e. The lowest BCUT2D eigenvalue weighted by molar-refractivity contribution is 0.0926. The molecular weight excluding hydrogens is 426 g/mol. The number of benzene rings is 4. The Labute approximate surface area is 198 Å². The standard InChI is InChI=1S/C29H23NO4/c1-18-4-9-22(10-5-18)33-24-13-15-27(20(3)17-24)34-23-11-7-21(8-12-23)30-28(31)25-14-6-19(2)16-26(25)29(30)32/h4-17H,1-3H3. The number of imide groups is 1. The first-order valence-electron chi connectivity index (χ1n) is 11.0. The third-order valence-electron chi connectivity index (χ3n) is 5.77. The van der Waals surface area contributed by atoms with Crippen molar-refractivity contribution < 1.29 is 19.1 Å². The summed E-state index contributed by atoms with van der Waals surface area (Å²) in [7, 11) is 0. The summed E-state index contributed by atoms with van der Waals surface area (Å²) >= 11 is 0. The summed E-state index contributed by atoms with van der Waals surface area (Å²) in [6.45, 7) is 5.88. The lowest BCUT2D eigenvalue weighted by atomic mass is 10.1. The van der Waals surface area contributed by atoms with Crippen LogP contribution in [0.4, 0.5) is 5.69 Å². The molecule has 0 radical (unpaired) electrons. The number of anilines is 1. The number of amides is 2. The first-order valence-corrected chi connectivity index (χ1v) is 11.0. The molecule has 0 N–H and O–H groups in total. The van der Waals surface area contributed by atoms with Gasteiger partial charge in [0.15, 0.2) is 0 Å². The number of carbonyl (C=O) groups excluding carboxylic acids is 2. The van der Waals surface area contributed by atoms with Gasteiger partial charge in [0.05, 0.1) is 16.8 Å². The van der Waals surface area contributed by atoms with Crippen molar-refractivity contribution >= 4 is 17.5 Å². The molecule has 0 atom stereocenters. The van der Waals surface area contributed by atoms with Crippen LogP contribution in [0.15, 0.2) is 84.9 Å². The molecule has 1 aliphatic rings. The molecule has 0 saturated heterocycles. The Morgan fingerprint density at radius 3 is 1.85 bits per heavy atom. The summed E-state index contributed by atoms with van der Waals surface area (Å²) in [5, 5.41) is 0. The molecule has 5 nitrogen and oxygen atoms in total. The minimum Gasteiger partial charge on any atom is -0.457 e. The second-order valence-electron chi connectivity index (χ2n) is 8.43. The molecule has 0 aromatic heterocycles.